The molecule has 1 fully saturated rings. The van der Waals surface area contributed by atoms with E-state index in [1.165, 1.54) is 4.31 Å². The quantitative estimate of drug-likeness (QED) is 0.922. The van der Waals surface area contributed by atoms with Crippen LogP contribution in [0.5, 0.6) is 0 Å². The maximum atomic E-state index is 12.2. The highest BCUT2D eigenvalue weighted by Crippen LogP contribution is 2.26. The van der Waals surface area contributed by atoms with Gasteiger partial charge in [0.05, 0.1) is 5.52 Å². The lowest BCUT2D eigenvalue weighted by Gasteiger charge is -2.36. The van der Waals surface area contributed by atoms with Gasteiger partial charge in [-0.3, -0.25) is 4.98 Å². The molecule has 124 valence electrons. The zero-order chi connectivity index (χ0) is 16.4. The molecule has 2 aromatic rings. The fourth-order valence-electron chi connectivity index (χ4n) is 2.90. The first-order valence-corrected chi connectivity index (χ1v) is 9.27. The highest BCUT2D eigenvalue weighted by atomic mass is 32.2. The van der Waals surface area contributed by atoms with E-state index in [-0.39, 0.29) is 6.04 Å². The molecular weight excluding hydrogens is 312 g/mol. The number of para-hydroxylation sites is 1. The van der Waals surface area contributed by atoms with Gasteiger partial charge in [0.15, 0.2) is 0 Å². The average Bonchev–Trinajstić information content (AvgIpc) is 2.53. The van der Waals surface area contributed by atoms with Crippen molar-refractivity contribution in [3.05, 3.63) is 36.5 Å². The molecule has 7 heteroatoms. The van der Waals surface area contributed by atoms with Crippen molar-refractivity contribution in [3.8, 4) is 0 Å². The van der Waals surface area contributed by atoms with Crippen LogP contribution in [0.25, 0.3) is 10.9 Å². The summed E-state index contributed by atoms with van der Waals surface area (Å²) in [6.45, 7) is 5.98. The first-order valence-electron chi connectivity index (χ1n) is 7.83. The fraction of sp³-hybridized carbons (Fsp3) is 0.438. The second-order valence-electron chi connectivity index (χ2n) is 6.01. The van der Waals surface area contributed by atoms with Crippen LogP contribution in [0.1, 0.15) is 13.8 Å². The van der Waals surface area contributed by atoms with Crippen molar-refractivity contribution in [2.45, 2.75) is 19.9 Å². The summed E-state index contributed by atoms with van der Waals surface area (Å²) < 4.78 is 28.6. The van der Waals surface area contributed by atoms with Gasteiger partial charge in [0.25, 0.3) is 10.2 Å². The Labute approximate surface area is 137 Å². The average molecular weight is 334 g/mol. The lowest BCUT2D eigenvalue weighted by Crippen LogP contribution is -2.53. The van der Waals surface area contributed by atoms with E-state index in [1.807, 2.05) is 38.1 Å². The Hall–Kier alpha value is -1.70. The second kappa shape index (κ2) is 6.43. The molecule has 0 aliphatic carbocycles. The minimum absolute atomic E-state index is 0.0952. The standard InChI is InChI=1S/C16H22N4O2S/c1-13(2)18-23(21,22)20-11-9-19(10-12-20)16-7-8-17-15-6-4-3-5-14(15)16/h3-8,13,18H,9-12H2,1-2H3. The number of aromatic nitrogens is 1. The Morgan fingerprint density at radius 1 is 1.09 bits per heavy atom. The number of pyridine rings is 1. The van der Waals surface area contributed by atoms with Gasteiger partial charge in [0.2, 0.25) is 0 Å². The van der Waals surface area contributed by atoms with Gasteiger partial charge in [-0.15, -0.1) is 0 Å². The van der Waals surface area contributed by atoms with Crippen LogP contribution in [0.4, 0.5) is 5.69 Å². The largest absolute Gasteiger partial charge is 0.368 e. The van der Waals surface area contributed by atoms with E-state index in [1.54, 1.807) is 6.20 Å². The zero-order valence-corrected chi connectivity index (χ0v) is 14.3. The van der Waals surface area contributed by atoms with E-state index in [2.05, 4.69) is 20.7 Å². The minimum Gasteiger partial charge on any atom is -0.368 e. The van der Waals surface area contributed by atoms with Gasteiger partial charge >= 0.3 is 0 Å². The van der Waals surface area contributed by atoms with Crippen molar-refractivity contribution in [3.63, 3.8) is 0 Å². The maximum absolute atomic E-state index is 12.2. The summed E-state index contributed by atoms with van der Waals surface area (Å²) in [5.74, 6) is 0. The number of rotatable bonds is 4. The molecule has 1 aliphatic rings. The molecule has 0 bridgehead atoms. The summed E-state index contributed by atoms with van der Waals surface area (Å²) in [6.07, 6.45) is 1.81. The van der Waals surface area contributed by atoms with E-state index in [9.17, 15) is 8.42 Å². The minimum atomic E-state index is -3.39. The first kappa shape index (κ1) is 16.2. The third-order valence-electron chi connectivity index (χ3n) is 3.93. The molecule has 0 unspecified atom stereocenters. The molecule has 0 atom stereocenters. The zero-order valence-electron chi connectivity index (χ0n) is 13.4. The summed E-state index contributed by atoms with van der Waals surface area (Å²) in [7, 11) is -3.39. The number of benzene rings is 1. The second-order valence-corrected chi connectivity index (χ2v) is 7.71. The molecule has 0 spiro atoms. The molecular formula is C16H22N4O2S. The summed E-state index contributed by atoms with van der Waals surface area (Å²) in [6, 6.07) is 9.93. The Morgan fingerprint density at radius 2 is 1.78 bits per heavy atom. The predicted octanol–water partition coefficient (Wildman–Crippen LogP) is 1.60. The van der Waals surface area contributed by atoms with Crippen molar-refractivity contribution in [1.29, 1.82) is 0 Å². The monoisotopic (exact) mass is 334 g/mol. The third-order valence-corrected chi connectivity index (χ3v) is 5.74. The fourth-order valence-corrected chi connectivity index (χ4v) is 4.29. The van der Waals surface area contributed by atoms with Gasteiger partial charge in [-0.05, 0) is 26.0 Å². The molecule has 1 aromatic heterocycles. The van der Waals surface area contributed by atoms with Crippen molar-refractivity contribution in [1.82, 2.24) is 14.0 Å². The number of hydrogen-bond donors (Lipinski definition) is 1. The highest BCUT2D eigenvalue weighted by molar-refractivity contribution is 7.87. The number of hydrogen-bond acceptors (Lipinski definition) is 4. The molecule has 1 N–H and O–H groups in total. The summed E-state index contributed by atoms with van der Waals surface area (Å²) in [4.78, 5) is 6.61. The normalized spacial score (nSPS) is 17.1. The van der Waals surface area contributed by atoms with Gasteiger partial charge in [0, 0.05) is 49.5 Å². The predicted molar refractivity (Wildman–Crippen MR) is 92.7 cm³/mol. The third kappa shape index (κ3) is 3.46. The van der Waals surface area contributed by atoms with E-state index in [0.717, 1.165) is 16.6 Å². The highest BCUT2D eigenvalue weighted by Gasteiger charge is 2.27. The number of nitrogens with zero attached hydrogens (tertiary/aromatic N) is 3. The Kier molecular flexibility index (Phi) is 4.52. The Bertz CT molecular complexity index is 778. The number of anilines is 1. The molecule has 0 radical (unpaired) electrons. The Morgan fingerprint density at radius 3 is 2.48 bits per heavy atom. The summed E-state index contributed by atoms with van der Waals surface area (Å²) in [5, 5.41) is 1.10. The SMILES string of the molecule is CC(C)NS(=O)(=O)N1CCN(c2ccnc3ccccc23)CC1. The molecule has 1 aromatic carbocycles. The molecule has 1 aliphatic heterocycles. The number of fused-ring (bicyclic) bond motifs is 1. The van der Waals surface area contributed by atoms with Crippen LogP contribution in [0.3, 0.4) is 0 Å². The van der Waals surface area contributed by atoms with Crippen LogP contribution in [-0.4, -0.2) is 49.9 Å². The van der Waals surface area contributed by atoms with Crippen LogP contribution < -0.4 is 9.62 Å². The van der Waals surface area contributed by atoms with E-state index < -0.39 is 10.2 Å². The van der Waals surface area contributed by atoms with Crippen molar-refractivity contribution in [2.24, 2.45) is 0 Å². The molecule has 1 saturated heterocycles. The summed E-state index contributed by atoms with van der Waals surface area (Å²) >= 11 is 0. The number of piperazine rings is 1. The van der Waals surface area contributed by atoms with Crippen LogP contribution >= 0.6 is 0 Å². The van der Waals surface area contributed by atoms with E-state index in [0.29, 0.717) is 26.2 Å². The number of nitrogens with one attached hydrogen (secondary N) is 1. The van der Waals surface area contributed by atoms with Gasteiger partial charge in [-0.1, -0.05) is 18.2 Å². The Balaban J connectivity index is 1.76. The topological polar surface area (TPSA) is 65.5 Å². The molecule has 0 saturated carbocycles. The lowest BCUT2D eigenvalue weighted by molar-refractivity contribution is 0.376. The van der Waals surface area contributed by atoms with E-state index >= 15 is 0 Å². The van der Waals surface area contributed by atoms with Crippen LogP contribution in [0.2, 0.25) is 0 Å². The van der Waals surface area contributed by atoms with Gasteiger partial charge < -0.3 is 4.90 Å². The maximum Gasteiger partial charge on any atom is 0.279 e. The van der Waals surface area contributed by atoms with Gasteiger partial charge in [-0.2, -0.15) is 17.4 Å². The molecule has 3 rings (SSSR count). The molecule has 23 heavy (non-hydrogen) atoms. The smallest absolute Gasteiger partial charge is 0.279 e. The van der Waals surface area contributed by atoms with Crippen molar-refractivity contribution < 1.29 is 8.42 Å². The molecule has 2 heterocycles. The lowest BCUT2D eigenvalue weighted by atomic mass is 10.1. The summed E-state index contributed by atoms with van der Waals surface area (Å²) in [5.41, 5.74) is 2.07. The van der Waals surface area contributed by atoms with Crippen molar-refractivity contribution >= 4 is 26.8 Å². The van der Waals surface area contributed by atoms with E-state index in [4.69, 9.17) is 0 Å². The molecule has 6 nitrogen and oxygen atoms in total. The van der Waals surface area contributed by atoms with Crippen molar-refractivity contribution in [2.75, 3.05) is 31.1 Å². The van der Waals surface area contributed by atoms with Crippen LogP contribution in [0.15, 0.2) is 36.5 Å². The first-order chi connectivity index (χ1) is 11.0. The van der Waals surface area contributed by atoms with Crippen LogP contribution in [-0.2, 0) is 10.2 Å². The van der Waals surface area contributed by atoms with Crippen LogP contribution in [0, 0.1) is 0 Å². The van der Waals surface area contributed by atoms with Gasteiger partial charge in [0.1, 0.15) is 0 Å². The molecule has 0 amide bonds. The van der Waals surface area contributed by atoms with Gasteiger partial charge in [-0.25, -0.2) is 0 Å².